The Balaban J connectivity index is 2.09. The van der Waals surface area contributed by atoms with E-state index in [9.17, 15) is 14.4 Å². The molecule has 0 fully saturated rings. The van der Waals surface area contributed by atoms with Crippen molar-refractivity contribution in [2.24, 2.45) is 0 Å². The van der Waals surface area contributed by atoms with Gasteiger partial charge in [-0.25, -0.2) is 9.78 Å². The second kappa shape index (κ2) is 14.0. The van der Waals surface area contributed by atoms with E-state index in [0.717, 1.165) is 0 Å². The lowest BCUT2D eigenvalue weighted by atomic mass is 10.1. The van der Waals surface area contributed by atoms with Gasteiger partial charge in [-0.05, 0) is 43.6 Å². The second-order valence-corrected chi connectivity index (χ2v) is 9.06. The van der Waals surface area contributed by atoms with Gasteiger partial charge in [0.2, 0.25) is 5.75 Å². The molecule has 0 bridgehead atoms. The van der Waals surface area contributed by atoms with Crippen molar-refractivity contribution in [3.8, 4) is 17.2 Å². The molecule has 0 radical (unpaired) electrons. The SMILES string of the molecule is COc1cc(C(=O)NC(CCSC)C(=O)OCC(=O)Nc2nc(C)c(Cl)cc2Cl)cc(OC)c1OC. The van der Waals surface area contributed by atoms with Crippen LogP contribution in [0.25, 0.3) is 0 Å². The molecule has 1 aromatic carbocycles. The molecule has 196 valence electrons. The molecule has 2 rings (SSSR count). The van der Waals surface area contributed by atoms with Crippen molar-refractivity contribution in [1.29, 1.82) is 0 Å². The van der Waals surface area contributed by atoms with Gasteiger partial charge in [-0.3, -0.25) is 9.59 Å². The molecule has 2 N–H and O–H groups in total. The van der Waals surface area contributed by atoms with Gasteiger partial charge >= 0.3 is 5.97 Å². The van der Waals surface area contributed by atoms with Crippen molar-refractivity contribution in [1.82, 2.24) is 10.3 Å². The molecule has 13 heteroatoms. The fraction of sp³-hybridized carbons (Fsp3) is 0.391. The van der Waals surface area contributed by atoms with Crippen LogP contribution >= 0.6 is 35.0 Å². The Hall–Kier alpha value is -2.89. The van der Waals surface area contributed by atoms with Crippen molar-refractivity contribution in [3.05, 3.63) is 39.5 Å². The van der Waals surface area contributed by atoms with Crippen LogP contribution < -0.4 is 24.8 Å². The van der Waals surface area contributed by atoms with E-state index in [0.29, 0.717) is 22.2 Å². The number of carbonyl (C=O) groups excluding carboxylic acids is 3. The maximum Gasteiger partial charge on any atom is 0.329 e. The van der Waals surface area contributed by atoms with Crippen LogP contribution in [0.3, 0.4) is 0 Å². The van der Waals surface area contributed by atoms with Gasteiger partial charge in [-0.2, -0.15) is 11.8 Å². The van der Waals surface area contributed by atoms with Gasteiger partial charge in [-0.15, -0.1) is 0 Å². The van der Waals surface area contributed by atoms with E-state index in [1.54, 1.807) is 6.92 Å². The van der Waals surface area contributed by atoms with Gasteiger partial charge in [0.05, 0.1) is 37.1 Å². The zero-order valence-electron chi connectivity index (χ0n) is 20.4. The number of methoxy groups -OCH3 is 3. The minimum Gasteiger partial charge on any atom is -0.493 e. The molecule has 2 amide bonds. The van der Waals surface area contributed by atoms with Gasteiger partial charge in [-0.1, -0.05) is 23.2 Å². The first-order valence-corrected chi connectivity index (χ1v) is 12.7. The molecule has 1 atom stereocenters. The number of aryl methyl sites for hydroxylation is 1. The highest BCUT2D eigenvalue weighted by atomic mass is 35.5. The number of hydrogen-bond acceptors (Lipinski definition) is 9. The third kappa shape index (κ3) is 7.81. The van der Waals surface area contributed by atoms with E-state index in [1.807, 2.05) is 6.26 Å². The number of hydrogen-bond donors (Lipinski definition) is 2. The van der Waals surface area contributed by atoms with Crippen molar-refractivity contribution in [3.63, 3.8) is 0 Å². The predicted octanol–water partition coefficient (Wildman–Crippen LogP) is 3.76. The van der Waals surface area contributed by atoms with Crippen molar-refractivity contribution < 1.29 is 33.3 Å². The van der Waals surface area contributed by atoms with Gasteiger partial charge in [0.15, 0.2) is 23.9 Å². The lowest BCUT2D eigenvalue weighted by Gasteiger charge is -2.18. The Labute approximate surface area is 223 Å². The second-order valence-electron chi connectivity index (χ2n) is 7.26. The monoisotopic (exact) mass is 559 g/mol. The summed E-state index contributed by atoms with van der Waals surface area (Å²) in [6.45, 7) is 1.05. The predicted molar refractivity (Wildman–Crippen MR) is 139 cm³/mol. The summed E-state index contributed by atoms with van der Waals surface area (Å²) >= 11 is 13.5. The van der Waals surface area contributed by atoms with Crippen LogP contribution in [-0.4, -0.2) is 68.8 Å². The van der Waals surface area contributed by atoms with Gasteiger partial charge in [0, 0.05) is 5.56 Å². The summed E-state index contributed by atoms with van der Waals surface area (Å²) in [5, 5.41) is 5.61. The normalized spacial score (nSPS) is 11.3. The molecule has 0 spiro atoms. The van der Waals surface area contributed by atoms with Crippen LogP contribution in [0.1, 0.15) is 22.5 Å². The zero-order chi connectivity index (χ0) is 26.8. The van der Waals surface area contributed by atoms with E-state index < -0.39 is 30.4 Å². The summed E-state index contributed by atoms with van der Waals surface area (Å²) in [5.41, 5.74) is 0.656. The summed E-state index contributed by atoms with van der Waals surface area (Å²) in [6, 6.07) is 3.37. The number of amides is 2. The topological polar surface area (TPSA) is 125 Å². The number of anilines is 1. The third-order valence-corrected chi connectivity index (χ3v) is 6.15. The van der Waals surface area contributed by atoms with Crippen molar-refractivity contribution in [2.45, 2.75) is 19.4 Å². The maximum atomic E-state index is 12.9. The number of esters is 1. The summed E-state index contributed by atoms with van der Waals surface area (Å²) in [4.78, 5) is 42.1. The molecule has 0 aliphatic carbocycles. The molecule has 10 nitrogen and oxygen atoms in total. The van der Waals surface area contributed by atoms with Gasteiger partial charge in [0.1, 0.15) is 6.04 Å². The summed E-state index contributed by atoms with van der Waals surface area (Å²) in [6.07, 6.45) is 2.14. The number of aromatic nitrogens is 1. The number of halogens is 2. The first kappa shape index (κ1) is 29.3. The van der Waals surface area contributed by atoms with Crippen LogP contribution in [0.15, 0.2) is 18.2 Å². The molecule has 36 heavy (non-hydrogen) atoms. The Kier molecular flexibility index (Phi) is 11.4. The number of nitrogens with one attached hydrogen (secondary N) is 2. The Morgan fingerprint density at radius 2 is 1.67 bits per heavy atom. The molecule has 0 saturated carbocycles. The van der Waals surface area contributed by atoms with Crippen LogP contribution in [0, 0.1) is 6.92 Å². The summed E-state index contributed by atoms with van der Waals surface area (Å²) in [5.74, 6) is -0.441. The quantitative estimate of drug-likeness (QED) is 0.374. The Morgan fingerprint density at radius 1 is 1.03 bits per heavy atom. The van der Waals surface area contributed by atoms with Crippen LogP contribution in [0.4, 0.5) is 5.82 Å². The zero-order valence-corrected chi connectivity index (χ0v) is 22.7. The number of pyridine rings is 1. The average Bonchev–Trinajstić information content (AvgIpc) is 2.86. The van der Waals surface area contributed by atoms with Crippen molar-refractivity contribution >= 4 is 58.6 Å². The molecule has 0 aliphatic rings. The van der Waals surface area contributed by atoms with E-state index >= 15 is 0 Å². The number of nitrogens with zero attached hydrogens (tertiary/aromatic N) is 1. The molecule has 0 aliphatic heterocycles. The van der Waals surface area contributed by atoms with Crippen LogP contribution in [-0.2, 0) is 14.3 Å². The molecule has 1 unspecified atom stereocenters. The fourth-order valence-electron chi connectivity index (χ4n) is 2.99. The number of thioether (sulfide) groups is 1. The first-order chi connectivity index (χ1) is 17.1. The first-order valence-electron chi connectivity index (χ1n) is 10.5. The van der Waals surface area contributed by atoms with Crippen LogP contribution in [0.2, 0.25) is 10.0 Å². The van der Waals surface area contributed by atoms with E-state index in [1.165, 1.54) is 51.3 Å². The van der Waals surface area contributed by atoms with E-state index in [4.69, 9.17) is 42.1 Å². The number of ether oxygens (including phenoxy) is 4. The van der Waals surface area contributed by atoms with E-state index in [2.05, 4.69) is 15.6 Å². The molecule has 1 heterocycles. The van der Waals surface area contributed by atoms with Crippen LogP contribution in [0.5, 0.6) is 17.2 Å². The number of carbonyl (C=O) groups is 3. The minimum atomic E-state index is -1.00. The number of rotatable bonds is 12. The highest BCUT2D eigenvalue weighted by Gasteiger charge is 2.25. The molecular weight excluding hydrogens is 533 g/mol. The Morgan fingerprint density at radius 3 is 2.22 bits per heavy atom. The molecular formula is C23H27Cl2N3O7S. The van der Waals surface area contributed by atoms with Gasteiger partial charge in [0.25, 0.3) is 11.8 Å². The Bertz CT molecular complexity index is 1090. The summed E-state index contributed by atoms with van der Waals surface area (Å²) in [7, 11) is 4.30. The largest absolute Gasteiger partial charge is 0.493 e. The molecule has 1 aromatic heterocycles. The fourth-order valence-corrected chi connectivity index (χ4v) is 3.87. The standard InChI is InChI=1S/C23H27Cl2N3O7S/c1-12-14(24)10-15(25)21(26-12)28-19(29)11-35-23(31)16(6-7-36-5)27-22(30)13-8-17(32-2)20(34-4)18(9-13)33-3/h8-10,16H,6-7,11H2,1-5H3,(H,27,30)(H,26,28,29). The molecule has 0 saturated heterocycles. The lowest BCUT2D eigenvalue weighted by molar-refractivity contribution is -0.149. The highest BCUT2D eigenvalue weighted by Crippen LogP contribution is 2.38. The average molecular weight is 560 g/mol. The third-order valence-electron chi connectivity index (χ3n) is 4.84. The number of benzene rings is 1. The maximum absolute atomic E-state index is 12.9. The van der Waals surface area contributed by atoms with Crippen molar-refractivity contribution in [2.75, 3.05) is 45.3 Å². The lowest BCUT2D eigenvalue weighted by Crippen LogP contribution is -2.43. The van der Waals surface area contributed by atoms with Gasteiger partial charge < -0.3 is 29.6 Å². The summed E-state index contributed by atoms with van der Waals surface area (Å²) < 4.78 is 21.0. The molecule has 2 aromatic rings. The smallest absolute Gasteiger partial charge is 0.329 e. The minimum absolute atomic E-state index is 0.0919. The highest BCUT2D eigenvalue weighted by molar-refractivity contribution is 7.98. The van der Waals surface area contributed by atoms with E-state index in [-0.39, 0.29) is 34.3 Å².